The summed E-state index contributed by atoms with van der Waals surface area (Å²) in [4.78, 5) is 36.0. The number of carbonyl (C=O) groups is 3. The molecule has 0 aromatic heterocycles. The molecule has 0 saturated carbocycles. The lowest BCUT2D eigenvalue weighted by Crippen LogP contribution is -2.30. The van der Waals surface area contributed by atoms with Gasteiger partial charge in [-0.15, -0.1) is 11.8 Å². The largest absolute Gasteiger partial charge is 0.449 e. The molecule has 7 heteroatoms. The lowest BCUT2D eigenvalue weighted by atomic mass is 10.2. The molecule has 0 aliphatic heterocycles. The zero-order valence-electron chi connectivity index (χ0n) is 13.6. The molecule has 0 heterocycles. The molecule has 0 bridgehead atoms. The van der Waals surface area contributed by atoms with Gasteiger partial charge >= 0.3 is 5.97 Å². The lowest BCUT2D eigenvalue weighted by Gasteiger charge is -2.15. The first kappa shape index (κ1) is 18.5. The molecule has 1 unspecified atom stereocenters. The number of benzene rings is 2. The Morgan fingerprint density at radius 3 is 2.40 bits per heavy atom. The Morgan fingerprint density at radius 2 is 1.72 bits per heavy atom. The number of hydrogen-bond donors (Lipinski definition) is 2. The van der Waals surface area contributed by atoms with Gasteiger partial charge in [-0.3, -0.25) is 9.59 Å². The van der Waals surface area contributed by atoms with E-state index in [9.17, 15) is 14.4 Å². The van der Waals surface area contributed by atoms with E-state index in [1.165, 1.54) is 6.92 Å². The van der Waals surface area contributed by atoms with Crippen LogP contribution in [-0.2, 0) is 14.3 Å². The predicted octanol–water partition coefficient (Wildman–Crippen LogP) is 2.45. The number of esters is 1. The highest BCUT2D eigenvalue weighted by atomic mass is 32.2. The Bertz CT molecular complexity index is 765. The van der Waals surface area contributed by atoms with E-state index < -0.39 is 23.9 Å². The van der Waals surface area contributed by atoms with Crippen molar-refractivity contribution in [3.8, 4) is 0 Å². The summed E-state index contributed by atoms with van der Waals surface area (Å²) in [7, 11) is 0. The summed E-state index contributed by atoms with van der Waals surface area (Å²) < 4.78 is 5.24. The minimum Gasteiger partial charge on any atom is -0.449 e. The summed E-state index contributed by atoms with van der Waals surface area (Å²) in [6.07, 6.45) is -0.970. The monoisotopic (exact) mass is 358 g/mol. The average molecular weight is 358 g/mol. The quantitative estimate of drug-likeness (QED) is 0.585. The molecule has 6 nitrogen and oxygen atoms in total. The van der Waals surface area contributed by atoms with Crippen LogP contribution in [0.4, 0.5) is 5.69 Å². The van der Waals surface area contributed by atoms with Gasteiger partial charge in [-0.05, 0) is 31.2 Å². The fourth-order valence-corrected chi connectivity index (χ4v) is 2.73. The molecule has 0 radical (unpaired) electrons. The molecule has 0 aliphatic carbocycles. The fraction of sp³-hybridized carbons (Fsp3) is 0.167. The molecule has 0 spiro atoms. The van der Waals surface area contributed by atoms with Gasteiger partial charge in [-0.25, -0.2) is 4.79 Å². The number of anilines is 1. The number of carbonyl (C=O) groups excluding carboxylic acids is 3. The molecular formula is C18H18N2O4S. The van der Waals surface area contributed by atoms with Crippen molar-refractivity contribution in [1.29, 1.82) is 0 Å². The van der Waals surface area contributed by atoms with E-state index >= 15 is 0 Å². The van der Waals surface area contributed by atoms with Crippen molar-refractivity contribution in [1.82, 2.24) is 0 Å². The number of rotatable bonds is 7. The molecule has 2 amide bonds. The van der Waals surface area contributed by atoms with Crippen molar-refractivity contribution in [2.75, 3.05) is 11.1 Å². The Morgan fingerprint density at radius 1 is 1.08 bits per heavy atom. The molecule has 25 heavy (non-hydrogen) atoms. The van der Waals surface area contributed by atoms with Gasteiger partial charge in [0.25, 0.3) is 5.91 Å². The summed E-state index contributed by atoms with van der Waals surface area (Å²) in [6, 6.07) is 15.6. The van der Waals surface area contributed by atoms with E-state index in [1.807, 2.05) is 6.07 Å². The molecule has 1 atom stereocenters. The first-order valence-electron chi connectivity index (χ1n) is 7.54. The maximum Gasteiger partial charge on any atom is 0.340 e. The van der Waals surface area contributed by atoms with Crippen molar-refractivity contribution in [3.63, 3.8) is 0 Å². The van der Waals surface area contributed by atoms with Crippen LogP contribution in [0.2, 0.25) is 0 Å². The van der Waals surface area contributed by atoms with Gasteiger partial charge in [0, 0.05) is 10.6 Å². The van der Waals surface area contributed by atoms with Gasteiger partial charge in [0.15, 0.2) is 6.10 Å². The van der Waals surface area contributed by atoms with Gasteiger partial charge in [0.05, 0.1) is 11.3 Å². The lowest BCUT2D eigenvalue weighted by molar-refractivity contribution is -0.123. The predicted molar refractivity (Wildman–Crippen MR) is 96.3 cm³/mol. The van der Waals surface area contributed by atoms with Crippen molar-refractivity contribution in [3.05, 3.63) is 60.2 Å². The first-order valence-corrected chi connectivity index (χ1v) is 8.53. The van der Waals surface area contributed by atoms with E-state index in [1.54, 1.807) is 48.5 Å². The fourth-order valence-electron chi connectivity index (χ4n) is 1.95. The number of primary amides is 1. The Hall–Kier alpha value is -2.80. The Kier molecular flexibility index (Phi) is 6.59. The van der Waals surface area contributed by atoms with Crippen molar-refractivity contribution in [2.45, 2.75) is 17.9 Å². The maximum absolute atomic E-state index is 12.3. The second-order valence-electron chi connectivity index (χ2n) is 5.15. The number of amides is 2. The summed E-state index contributed by atoms with van der Waals surface area (Å²) in [6.45, 7) is 1.50. The topological polar surface area (TPSA) is 98.5 Å². The van der Waals surface area contributed by atoms with E-state index in [-0.39, 0.29) is 11.3 Å². The number of para-hydroxylation sites is 1. The standard InChI is InChI=1S/C18H18N2O4S/c1-12(17(22)20-13-7-3-2-4-8-13)24-18(23)14-9-5-6-10-15(14)25-11-16(19)21/h2-10,12H,11H2,1H3,(H2,19,21)(H,20,22). The summed E-state index contributed by atoms with van der Waals surface area (Å²) >= 11 is 1.15. The van der Waals surface area contributed by atoms with Gasteiger partial charge in [-0.1, -0.05) is 30.3 Å². The highest BCUT2D eigenvalue weighted by Gasteiger charge is 2.21. The van der Waals surface area contributed by atoms with Crippen LogP contribution in [-0.4, -0.2) is 29.6 Å². The van der Waals surface area contributed by atoms with Crippen molar-refractivity contribution < 1.29 is 19.1 Å². The van der Waals surface area contributed by atoms with Crippen LogP contribution in [0.5, 0.6) is 0 Å². The van der Waals surface area contributed by atoms with Gasteiger partial charge in [0.1, 0.15) is 0 Å². The minimum atomic E-state index is -0.970. The van der Waals surface area contributed by atoms with Crippen LogP contribution >= 0.6 is 11.8 Å². The highest BCUT2D eigenvalue weighted by molar-refractivity contribution is 8.00. The number of ether oxygens (including phenoxy) is 1. The zero-order chi connectivity index (χ0) is 18.2. The van der Waals surface area contributed by atoms with Crippen molar-refractivity contribution >= 4 is 35.2 Å². The third-order valence-electron chi connectivity index (χ3n) is 3.17. The van der Waals surface area contributed by atoms with E-state index in [0.717, 1.165) is 11.8 Å². The number of nitrogens with two attached hydrogens (primary N) is 1. The van der Waals surface area contributed by atoms with Crippen LogP contribution in [0.1, 0.15) is 17.3 Å². The van der Waals surface area contributed by atoms with Gasteiger partial charge in [0.2, 0.25) is 5.91 Å². The zero-order valence-corrected chi connectivity index (χ0v) is 14.4. The molecule has 2 aromatic rings. The van der Waals surface area contributed by atoms with Crippen LogP contribution in [0.25, 0.3) is 0 Å². The molecule has 2 rings (SSSR count). The molecule has 2 aromatic carbocycles. The van der Waals surface area contributed by atoms with E-state index in [0.29, 0.717) is 10.6 Å². The molecular weight excluding hydrogens is 340 g/mol. The third-order valence-corrected chi connectivity index (χ3v) is 4.27. The summed E-state index contributed by atoms with van der Waals surface area (Å²) in [5.74, 6) is -1.50. The number of thioether (sulfide) groups is 1. The number of hydrogen-bond acceptors (Lipinski definition) is 5. The van der Waals surface area contributed by atoms with Crippen LogP contribution in [0, 0.1) is 0 Å². The van der Waals surface area contributed by atoms with Crippen LogP contribution in [0.3, 0.4) is 0 Å². The van der Waals surface area contributed by atoms with Crippen LogP contribution < -0.4 is 11.1 Å². The van der Waals surface area contributed by atoms with E-state index in [2.05, 4.69) is 5.32 Å². The van der Waals surface area contributed by atoms with Crippen molar-refractivity contribution in [2.24, 2.45) is 5.73 Å². The smallest absolute Gasteiger partial charge is 0.340 e. The Balaban J connectivity index is 2.01. The van der Waals surface area contributed by atoms with Gasteiger partial charge in [-0.2, -0.15) is 0 Å². The van der Waals surface area contributed by atoms with Gasteiger partial charge < -0.3 is 15.8 Å². The average Bonchev–Trinajstić information content (AvgIpc) is 2.60. The summed E-state index contributed by atoms with van der Waals surface area (Å²) in [5.41, 5.74) is 6.03. The second kappa shape index (κ2) is 8.89. The minimum absolute atomic E-state index is 0.0499. The molecule has 130 valence electrons. The van der Waals surface area contributed by atoms with Crippen LogP contribution in [0.15, 0.2) is 59.5 Å². The molecule has 3 N–H and O–H groups in total. The number of nitrogens with one attached hydrogen (secondary N) is 1. The first-order chi connectivity index (χ1) is 12.0. The normalized spacial score (nSPS) is 11.4. The molecule has 0 saturated heterocycles. The SMILES string of the molecule is CC(OC(=O)c1ccccc1SCC(N)=O)C(=O)Nc1ccccc1. The molecule has 0 aliphatic rings. The Labute approximate surface area is 149 Å². The highest BCUT2D eigenvalue weighted by Crippen LogP contribution is 2.23. The second-order valence-corrected chi connectivity index (χ2v) is 6.17. The molecule has 0 fully saturated rings. The summed E-state index contributed by atoms with van der Waals surface area (Å²) in [5, 5.41) is 2.67. The third kappa shape index (κ3) is 5.65. The van der Waals surface area contributed by atoms with E-state index in [4.69, 9.17) is 10.5 Å². The maximum atomic E-state index is 12.3.